The number of thiocarbonyl (C=S) groups is 1. The summed E-state index contributed by atoms with van der Waals surface area (Å²) in [6.07, 6.45) is 8.08. The van der Waals surface area contributed by atoms with Crippen molar-refractivity contribution in [1.29, 1.82) is 0 Å². The van der Waals surface area contributed by atoms with Crippen molar-refractivity contribution in [3.05, 3.63) is 24.2 Å². The van der Waals surface area contributed by atoms with E-state index in [0.717, 1.165) is 24.0 Å². The molecule has 0 saturated carbocycles. The molecule has 0 aliphatic carbocycles. The van der Waals surface area contributed by atoms with Gasteiger partial charge >= 0.3 is 0 Å². The highest BCUT2D eigenvalue weighted by Crippen LogP contribution is 2.35. The summed E-state index contributed by atoms with van der Waals surface area (Å²) >= 11 is 5.46. The van der Waals surface area contributed by atoms with Crippen LogP contribution in [0.5, 0.6) is 0 Å². The van der Waals surface area contributed by atoms with Crippen molar-refractivity contribution in [3.8, 4) is 0 Å². The van der Waals surface area contributed by atoms with Gasteiger partial charge < -0.3 is 15.1 Å². The summed E-state index contributed by atoms with van der Waals surface area (Å²) in [5.41, 5.74) is 0. The molecular formula is C18H29N3OS. The van der Waals surface area contributed by atoms with Crippen molar-refractivity contribution in [2.24, 2.45) is 5.92 Å². The maximum absolute atomic E-state index is 5.56. The van der Waals surface area contributed by atoms with E-state index in [9.17, 15) is 0 Å². The van der Waals surface area contributed by atoms with E-state index in [1.165, 1.54) is 32.1 Å². The van der Waals surface area contributed by atoms with Crippen LogP contribution in [-0.2, 0) is 6.54 Å². The molecule has 0 spiro atoms. The van der Waals surface area contributed by atoms with Crippen molar-refractivity contribution in [3.63, 3.8) is 0 Å². The van der Waals surface area contributed by atoms with Gasteiger partial charge in [0, 0.05) is 24.7 Å². The van der Waals surface area contributed by atoms with Crippen molar-refractivity contribution >= 4 is 17.3 Å². The third-order valence-corrected chi connectivity index (χ3v) is 5.31. The van der Waals surface area contributed by atoms with Gasteiger partial charge in [-0.05, 0) is 56.0 Å². The minimum atomic E-state index is 0.505. The molecule has 2 N–H and O–H groups in total. The summed E-state index contributed by atoms with van der Waals surface area (Å²) in [5, 5.41) is 7.71. The Labute approximate surface area is 145 Å². The van der Waals surface area contributed by atoms with E-state index in [0.29, 0.717) is 24.0 Å². The summed E-state index contributed by atoms with van der Waals surface area (Å²) in [4.78, 5) is 2.66. The van der Waals surface area contributed by atoms with E-state index >= 15 is 0 Å². The molecule has 23 heavy (non-hydrogen) atoms. The molecular weight excluding hydrogens is 306 g/mol. The van der Waals surface area contributed by atoms with E-state index in [1.807, 2.05) is 6.07 Å². The molecule has 128 valence electrons. The fourth-order valence-corrected chi connectivity index (χ4v) is 4.22. The molecule has 1 aromatic rings. The maximum Gasteiger partial charge on any atom is 0.166 e. The molecule has 3 heterocycles. The summed E-state index contributed by atoms with van der Waals surface area (Å²) in [6.45, 7) is 6.29. The first-order valence-corrected chi connectivity index (χ1v) is 9.35. The molecule has 5 heteroatoms. The van der Waals surface area contributed by atoms with Gasteiger partial charge in [-0.1, -0.05) is 20.3 Å². The lowest BCUT2D eigenvalue weighted by atomic mass is 9.81. The first-order valence-electron chi connectivity index (χ1n) is 8.94. The Morgan fingerprint density at radius 2 is 2.09 bits per heavy atom. The minimum absolute atomic E-state index is 0.505. The normalized spacial score (nSPS) is 27.9. The second-order valence-corrected chi connectivity index (χ2v) is 7.82. The number of rotatable bonds is 5. The molecule has 2 saturated heterocycles. The molecule has 4 nitrogen and oxygen atoms in total. The van der Waals surface area contributed by atoms with Crippen LogP contribution in [0.25, 0.3) is 0 Å². The van der Waals surface area contributed by atoms with E-state index in [4.69, 9.17) is 16.6 Å². The summed E-state index contributed by atoms with van der Waals surface area (Å²) in [7, 11) is 0. The SMILES string of the molecule is CC(C)CNC(=S)NC1C[C@H]2CCC[C@H](C1)N2Cc1ccco1. The number of furan rings is 1. The predicted molar refractivity (Wildman–Crippen MR) is 97.3 cm³/mol. The van der Waals surface area contributed by atoms with Gasteiger partial charge in [0.25, 0.3) is 0 Å². The first kappa shape index (κ1) is 16.8. The monoisotopic (exact) mass is 335 g/mol. The Morgan fingerprint density at radius 1 is 1.35 bits per heavy atom. The van der Waals surface area contributed by atoms with Gasteiger partial charge in [-0.25, -0.2) is 0 Å². The second-order valence-electron chi connectivity index (χ2n) is 7.41. The quantitative estimate of drug-likeness (QED) is 0.808. The van der Waals surface area contributed by atoms with Crippen LogP contribution in [0.3, 0.4) is 0 Å². The van der Waals surface area contributed by atoms with Gasteiger partial charge in [-0.2, -0.15) is 0 Å². The topological polar surface area (TPSA) is 40.4 Å². The van der Waals surface area contributed by atoms with E-state index in [2.05, 4.69) is 35.4 Å². The van der Waals surface area contributed by atoms with Crippen LogP contribution in [0.4, 0.5) is 0 Å². The van der Waals surface area contributed by atoms with Gasteiger partial charge in [0.1, 0.15) is 5.76 Å². The number of hydrogen-bond donors (Lipinski definition) is 2. The Kier molecular flexibility index (Phi) is 5.59. The fraction of sp³-hybridized carbons (Fsp3) is 0.722. The lowest BCUT2D eigenvalue weighted by Crippen LogP contribution is -2.57. The predicted octanol–water partition coefficient (Wildman–Crippen LogP) is 3.29. The van der Waals surface area contributed by atoms with Gasteiger partial charge in [-0.3, -0.25) is 4.90 Å². The highest BCUT2D eigenvalue weighted by atomic mass is 32.1. The molecule has 1 aromatic heterocycles. The standard InChI is InChI=1S/C18H29N3OS/c1-13(2)11-19-18(23)20-14-9-15-5-3-6-16(10-14)21(15)12-17-7-4-8-22-17/h4,7-8,13-16H,3,5-6,9-12H2,1-2H3,(H2,19,20,23)/t15-,16-/m1/s1. The zero-order valence-corrected chi connectivity index (χ0v) is 15.1. The van der Waals surface area contributed by atoms with Gasteiger partial charge in [0.05, 0.1) is 12.8 Å². The lowest BCUT2D eigenvalue weighted by Gasteiger charge is -2.48. The molecule has 2 bridgehead atoms. The van der Waals surface area contributed by atoms with Crippen LogP contribution in [0.2, 0.25) is 0 Å². The van der Waals surface area contributed by atoms with Gasteiger partial charge in [-0.15, -0.1) is 0 Å². The average molecular weight is 336 g/mol. The van der Waals surface area contributed by atoms with Crippen molar-refractivity contribution in [2.75, 3.05) is 6.54 Å². The largest absolute Gasteiger partial charge is 0.468 e. The van der Waals surface area contributed by atoms with Crippen molar-refractivity contribution in [2.45, 2.75) is 70.6 Å². The minimum Gasteiger partial charge on any atom is -0.468 e. The fourth-order valence-electron chi connectivity index (χ4n) is 3.97. The Balaban J connectivity index is 1.54. The third-order valence-electron chi connectivity index (χ3n) is 5.05. The van der Waals surface area contributed by atoms with Gasteiger partial charge in [0.2, 0.25) is 0 Å². The van der Waals surface area contributed by atoms with E-state index in [1.54, 1.807) is 6.26 Å². The lowest BCUT2D eigenvalue weighted by molar-refractivity contribution is 0.0160. The molecule has 2 fully saturated rings. The third kappa shape index (κ3) is 4.48. The second kappa shape index (κ2) is 7.67. The van der Waals surface area contributed by atoms with Gasteiger partial charge in [0.15, 0.2) is 5.11 Å². The van der Waals surface area contributed by atoms with E-state index < -0.39 is 0 Å². The molecule has 2 atom stereocenters. The van der Waals surface area contributed by atoms with Crippen LogP contribution in [0.1, 0.15) is 51.7 Å². The highest BCUT2D eigenvalue weighted by molar-refractivity contribution is 7.80. The number of nitrogens with one attached hydrogen (secondary N) is 2. The first-order chi connectivity index (χ1) is 11.1. The average Bonchev–Trinajstić information content (AvgIpc) is 2.99. The maximum atomic E-state index is 5.56. The number of nitrogens with zero attached hydrogens (tertiary/aromatic N) is 1. The van der Waals surface area contributed by atoms with Crippen LogP contribution < -0.4 is 10.6 Å². The zero-order chi connectivity index (χ0) is 16.2. The van der Waals surface area contributed by atoms with Crippen molar-refractivity contribution in [1.82, 2.24) is 15.5 Å². The molecule has 0 unspecified atom stereocenters. The molecule has 0 aromatic carbocycles. The Bertz CT molecular complexity index is 488. The Morgan fingerprint density at radius 3 is 2.70 bits per heavy atom. The molecule has 0 amide bonds. The zero-order valence-electron chi connectivity index (χ0n) is 14.3. The van der Waals surface area contributed by atoms with Crippen molar-refractivity contribution < 1.29 is 4.42 Å². The van der Waals surface area contributed by atoms with Crippen LogP contribution >= 0.6 is 12.2 Å². The molecule has 0 radical (unpaired) electrons. The highest BCUT2D eigenvalue weighted by Gasteiger charge is 2.38. The Hall–Kier alpha value is -1.07. The molecule has 3 rings (SSSR count). The summed E-state index contributed by atoms with van der Waals surface area (Å²) < 4.78 is 5.56. The number of fused-ring (bicyclic) bond motifs is 2. The number of piperidine rings is 2. The summed E-state index contributed by atoms with van der Waals surface area (Å²) in [5.74, 6) is 1.70. The smallest absolute Gasteiger partial charge is 0.166 e. The van der Waals surface area contributed by atoms with Crippen LogP contribution in [0, 0.1) is 5.92 Å². The summed E-state index contributed by atoms with van der Waals surface area (Å²) in [6, 6.07) is 5.88. The molecule has 2 aliphatic heterocycles. The number of hydrogen-bond acceptors (Lipinski definition) is 3. The molecule has 2 aliphatic rings. The van der Waals surface area contributed by atoms with E-state index in [-0.39, 0.29) is 0 Å². The van der Waals surface area contributed by atoms with Crippen LogP contribution in [0.15, 0.2) is 22.8 Å². The van der Waals surface area contributed by atoms with Crippen LogP contribution in [-0.4, -0.2) is 34.7 Å².